The largest absolute Gasteiger partial charge is 0.493 e. The molecular weight excluding hydrogens is 300 g/mol. The average molecular weight is 325 g/mol. The van der Waals surface area contributed by atoms with Crippen molar-refractivity contribution in [1.29, 1.82) is 0 Å². The third kappa shape index (κ3) is 3.19. The van der Waals surface area contributed by atoms with Gasteiger partial charge in [0.1, 0.15) is 0 Å². The molecule has 3 heterocycles. The van der Waals surface area contributed by atoms with E-state index in [4.69, 9.17) is 21.1 Å². The van der Waals surface area contributed by atoms with Crippen molar-refractivity contribution in [2.75, 3.05) is 40.9 Å². The molecule has 2 atom stereocenters. The molecule has 0 N–H and O–H groups in total. The highest BCUT2D eigenvalue weighted by Crippen LogP contribution is 2.37. The van der Waals surface area contributed by atoms with E-state index in [9.17, 15) is 0 Å². The Morgan fingerprint density at radius 3 is 2.68 bits per heavy atom. The lowest BCUT2D eigenvalue weighted by Gasteiger charge is -2.36. The van der Waals surface area contributed by atoms with Gasteiger partial charge in [-0.3, -0.25) is 4.90 Å². The van der Waals surface area contributed by atoms with Crippen LogP contribution in [0.15, 0.2) is 12.1 Å². The third-order valence-electron chi connectivity index (χ3n) is 4.89. The van der Waals surface area contributed by atoms with Gasteiger partial charge in [-0.05, 0) is 43.5 Å². The molecule has 0 aliphatic carbocycles. The molecule has 122 valence electrons. The molecule has 3 aliphatic heterocycles. The molecule has 0 unspecified atom stereocenters. The predicted octanol–water partition coefficient (Wildman–Crippen LogP) is 2.88. The molecular formula is C17H25ClN2O2. The minimum Gasteiger partial charge on any atom is -0.493 e. The fourth-order valence-electron chi connectivity index (χ4n) is 3.90. The summed E-state index contributed by atoms with van der Waals surface area (Å²) in [6, 6.07) is 4.70. The van der Waals surface area contributed by atoms with Gasteiger partial charge in [0.15, 0.2) is 11.5 Å². The van der Waals surface area contributed by atoms with Crippen molar-refractivity contribution in [2.24, 2.45) is 5.92 Å². The monoisotopic (exact) mass is 324 g/mol. The molecule has 4 rings (SSSR count). The maximum atomic E-state index is 6.33. The lowest BCUT2D eigenvalue weighted by molar-refractivity contribution is 0.124. The van der Waals surface area contributed by atoms with Crippen LogP contribution in [-0.2, 0) is 6.54 Å². The molecule has 2 bridgehead atoms. The Balaban J connectivity index is 1.80. The van der Waals surface area contributed by atoms with Crippen molar-refractivity contribution in [3.8, 4) is 11.5 Å². The van der Waals surface area contributed by atoms with Gasteiger partial charge in [-0.25, -0.2) is 0 Å². The summed E-state index contributed by atoms with van der Waals surface area (Å²) in [4.78, 5) is 5.08. The van der Waals surface area contributed by atoms with E-state index in [2.05, 4.69) is 16.8 Å². The molecule has 0 saturated carbocycles. The normalized spacial score (nSPS) is 26.0. The van der Waals surface area contributed by atoms with Crippen LogP contribution in [0.4, 0.5) is 0 Å². The molecule has 3 saturated heterocycles. The maximum absolute atomic E-state index is 6.33. The van der Waals surface area contributed by atoms with Gasteiger partial charge < -0.3 is 14.4 Å². The number of likely N-dealkylation sites (N-methyl/N-ethyl adjacent to an activating group) is 1. The van der Waals surface area contributed by atoms with Gasteiger partial charge in [-0.15, -0.1) is 0 Å². The number of hydrogen-bond acceptors (Lipinski definition) is 4. The summed E-state index contributed by atoms with van der Waals surface area (Å²) in [5.74, 6) is 2.12. The molecule has 0 spiro atoms. The molecule has 0 radical (unpaired) electrons. The van der Waals surface area contributed by atoms with Crippen LogP contribution in [0.5, 0.6) is 11.5 Å². The highest BCUT2D eigenvalue weighted by molar-refractivity contribution is 6.32. The number of ether oxygens (including phenoxy) is 2. The number of rotatable bonds is 4. The van der Waals surface area contributed by atoms with Gasteiger partial charge in [0, 0.05) is 32.2 Å². The quantitative estimate of drug-likeness (QED) is 0.850. The summed E-state index contributed by atoms with van der Waals surface area (Å²) < 4.78 is 10.7. The second-order valence-corrected chi connectivity index (χ2v) is 6.97. The second kappa shape index (κ2) is 6.65. The summed E-state index contributed by atoms with van der Waals surface area (Å²) in [6.45, 7) is 4.49. The minimum absolute atomic E-state index is 0.616. The van der Waals surface area contributed by atoms with E-state index in [0.717, 1.165) is 19.0 Å². The highest BCUT2D eigenvalue weighted by Gasteiger charge is 2.33. The lowest BCUT2D eigenvalue weighted by Crippen LogP contribution is -2.43. The van der Waals surface area contributed by atoms with Gasteiger partial charge in [0.25, 0.3) is 0 Å². The first-order valence-corrected chi connectivity index (χ1v) is 8.31. The van der Waals surface area contributed by atoms with Crippen molar-refractivity contribution < 1.29 is 9.47 Å². The van der Waals surface area contributed by atoms with Gasteiger partial charge in [0.2, 0.25) is 0 Å². The summed E-state index contributed by atoms with van der Waals surface area (Å²) >= 11 is 6.33. The molecule has 3 fully saturated rings. The first-order valence-electron chi connectivity index (χ1n) is 7.93. The topological polar surface area (TPSA) is 24.9 Å². The summed E-state index contributed by atoms with van der Waals surface area (Å²) in [6.07, 6.45) is 2.66. The maximum Gasteiger partial charge on any atom is 0.179 e. The molecule has 5 heteroatoms. The van der Waals surface area contributed by atoms with Crippen molar-refractivity contribution >= 4 is 11.6 Å². The van der Waals surface area contributed by atoms with E-state index in [1.807, 2.05) is 12.1 Å². The molecule has 0 aromatic heterocycles. The molecule has 0 amide bonds. The van der Waals surface area contributed by atoms with E-state index >= 15 is 0 Å². The Morgan fingerprint density at radius 1 is 1.14 bits per heavy atom. The fraction of sp³-hybridized carbons (Fsp3) is 0.647. The first-order chi connectivity index (χ1) is 10.6. The van der Waals surface area contributed by atoms with E-state index in [-0.39, 0.29) is 0 Å². The van der Waals surface area contributed by atoms with E-state index in [1.54, 1.807) is 14.2 Å². The summed E-state index contributed by atoms with van der Waals surface area (Å²) in [5.41, 5.74) is 1.19. The predicted molar refractivity (Wildman–Crippen MR) is 89.0 cm³/mol. The van der Waals surface area contributed by atoms with Crippen LogP contribution in [0.2, 0.25) is 5.02 Å². The fourth-order valence-corrected chi connectivity index (χ4v) is 4.21. The highest BCUT2D eigenvalue weighted by atomic mass is 35.5. The number of benzene rings is 1. The van der Waals surface area contributed by atoms with Gasteiger partial charge in [-0.1, -0.05) is 11.6 Å². The van der Waals surface area contributed by atoms with Crippen molar-refractivity contribution in [1.82, 2.24) is 9.80 Å². The molecule has 3 aliphatic rings. The number of halogens is 1. The van der Waals surface area contributed by atoms with Crippen LogP contribution in [0.3, 0.4) is 0 Å². The van der Waals surface area contributed by atoms with Crippen LogP contribution in [0.25, 0.3) is 0 Å². The lowest BCUT2D eigenvalue weighted by atomic mass is 9.94. The number of methoxy groups -OCH3 is 2. The molecule has 1 aromatic rings. The summed E-state index contributed by atoms with van der Waals surface area (Å²) in [5, 5.41) is 0.619. The Bertz CT molecular complexity index is 538. The van der Waals surface area contributed by atoms with Gasteiger partial charge in [0.05, 0.1) is 19.2 Å². The second-order valence-electron chi connectivity index (χ2n) is 6.56. The molecule has 4 nitrogen and oxygen atoms in total. The zero-order chi connectivity index (χ0) is 15.7. The van der Waals surface area contributed by atoms with Crippen LogP contribution >= 0.6 is 11.6 Å². The Hall–Kier alpha value is -0.970. The number of fused-ring (bicyclic) bond motifs is 4. The van der Waals surface area contributed by atoms with Crippen molar-refractivity contribution in [3.05, 3.63) is 22.7 Å². The van der Waals surface area contributed by atoms with E-state index in [0.29, 0.717) is 22.6 Å². The smallest absolute Gasteiger partial charge is 0.179 e. The zero-order valence-corrected chi connectivity index (χ0v) is 14.4. The standard InChI is InChI=1S/C17H25ClN2O2/c1-19-8-12-4-5-14(11-19)20(9-12)10-13-6-15(18)17(22-3)16(7-13)21-2/h6-7,12,14H,4-5,8-11H2,1-3H3/t12-,14+/m0/s1. The zero-order valence-electron chi connectivity index (χ0n) is 13.6. The Morgan fingerprint density at radius 2 is 1.95 bits per heavy atom. The van der Waals surface area contributed by atoms with E-state index in [1.165, 1.54) is 31.5 Å². The third-order valence-corrected chi connectivity index (χ3v) is 5.17. The average Bonchev–Trinajstić information content (AvgIpc) is 2.75. The van der Waals surface area contributed by atoms with Crippen LogP contribution in [0.1, 0.15) is 18.4 Å². The number of hydrogen-bond donors (Lipinski definition) is 0. The summed E-state index contributed by atoms with van der Waals surface area (Å²) in [7, 11) is 5.51. The van der Waals surface area contributed by atoms with Crippen molar-refractivity contribution in [2.45, 2.75) is 25.4 Å². The Kier molecular flexibility index (Phi) is 4.81. The van der Waals surface area contributed by atoms with Gasteiger partial charge >= 0.3 is 0 Å². The number of nitrogens with zero attached hydrogens (tertiary/aromatic N) is 2. The Labute approximate surface area is 137 Å². The van der Waals surface area contributed by atoms with E-state index < -0.39 is 0 Å². The minimum atomic E-state index is 0.616. The van der Waals surface area contributed by atoms with Crippen LogP contribution in [0, 0.1) is 5.92 Å². The van der Waals surface area contributed by atoms with Gasteiger partial charge in [-0.2, -0.15) is 0 Å². The first kappa shape index (κ1) is 15.9. The van der Waals surface area contributed by atoms with Crippen LogP contribution < -0.4 is 9.47 Å². The number of piperidine rings is 1. The molecule has 1 aromatic carbocycles. The molecule has 22 heavy (non-hydrogen) atoms. The van der Waals surface area contributed by atoms with Crippen LogP contribution in [-0.4, -0.2) is 56.7 Å². The SMILES string of the molecule is COc1cc(CN2C[C@H]3CC[C@@H]2CN(C)C3)cc(Cl)c1OC. The van der Waals surface area contributed by atoms with Crippen molar-refractivity contribution in [3.63, 3.8) is 0 Å².